The standard InChI is InChI=1S/C13H15F3N2O/c14-13(15,16)11-4-5-18-7-10(11)12(19)8-2-1-3-9(17)6-8/h4-5,7-9H,1-3,6,17H2. The lowest BCUT2D eigenvalue weighted by Gasteiger charge is -2.26. The fourth-order valence-corrected chi connectivity index (χ4v) is 2.52. The fraction of sp³-hybridized carbons (Fsp3) is 0.538. The quantitative estimate of drug-likeness (QED) is 0.842. The Morgan fingerprint density at radius 2 is 2.11 bits per heavy atom. The third-order valence-electron chi connectivity index (χ3n) is 3.48. The van der Waals surface area contributed by atoms with Gasteiger partial charge in [0.05, 0.1) is 5.56 Å². The lowest BCUT2D eigenvalue weighted by molar-refractivity contribution is -0.138. The van der Waals surface area contributed by atoms with Crippen molar-refractivity contribution in [3.8, 4) is 0 Å². The summed E-state index contributed by atoms with van der Waals surface area (Å²) < 4.78 is 38.5. The number of hydrogen-bond acceptors (Lipinski definition) is 3. The van der Waals surface area contributed by atoms with E-state index in [-0.39, 0.29) is 11.6 Å². The number of rotatable bonds is 2. The van der Waals surface area contributed by atoms with Crippen molar-refractivity contribution >= 4 is 5.78 Å². The lowest BCUT2D eigenvalue weighted by atomic mass is 9.81. The number of hydrogen-bond donors (Lipinski definition) is 1. The van der Waals surface area contributed by atoms with Gasteiger partial charge in [0, 0.05) is 29.9 Å². The summed E-state index contributed by atoms with van der Waals surface area (Å²) in [6, 6.07) is 0.740. The maximum atomic E-state index is 12.8. The van der Waals surface area contributed by atoms with E-state index >= 15 is 0 Å². The number of Topliss-reactive ketones (excluding diaryl/α,β-unsaturated/α-hetero) is 1. The highest BCUT2D eigenvalue weighted by Crippen LogP contribution is 2.34. The molecular formula is C13H15F3N2O. The highest BCUT2D eigenvalue weighted by molar-refractivity contribution is 5.99. The SMILES string of the molecule is NC1CCCC(C(=O)c2cnccc2C(F)(F)F)C1. The molecule has 0 amide bonds. The minimum Gasteiger partial charge on any atom is -0.328 e. The Morgan fingerprint density at radius 3 is 2.74 bits per heavy atom. The molecule has 2 unspecified atom stereocenters. The molecule has 6 heteroatoms. The van der Waals surface area contributed by atoms with E-state index in [0.717, 1.165) is 31.3 Å². The zero-order valence-electron chi connectivity index (χ0n) is 10.3. The van der Waals surface area contributed by atoms with E-state index in [4.69, 9.17) is 5.73 Å². The van der Waals surface area contributed by atoms with Gasteiger partial charge in [-0.15, -0.1) is 0 Å². The number of pyridine rings is 1. The minimum atomic E-state index is -4.54. The summed E-state index contributed by atoms with van der Waals surface area (Å²) in [6.45, 7) is 0. The molecule has 1 aliphatic carbocycles. The summed E-state index contributed by atoms with van der Waals surface area (Å²) in [5.41, 5.74) is 4.53. The Labute approximate surface area is 109 Å². The van der Waals surface area contributed by atoms with Gasteiger partial charge in [-0.3, -0.25) is 9.78 Å². The minimum absolute atomic E-state index is 0.103. The van der Waals surface area contributed by atoms with Crippen molar-refractivity contribution in [2.24, 2.45) is 11.7 Å². The Morgan fingerprint density at radius 1 is 1.37 bits per heavy atom. The van der Waals surface area contributed by atoms with E-state index in [1.54, 1.807) is 0 Å². The second-order valence-electron chi connectivity index (χ2n) is 4.91. The molecule has 0 aliphatic heterocycles. The Kier molecular flexibility index (Phi) is 3.89. The van der Waals surface area contributed by atoms with Crippen molar-refractivity contribution in [3.63, 3.8) is 0 Å². The summed E-state index contributed by atoms with van der Waals surface area (Å²) >= 11 is 0. The molecule has 2 N–H and O–H groups in total. The van der Waals surface area contributed by atoms with E-state index in [2.05, 4.69) is 4.98 Å². The summed E-state index contributed by atoms with van der Waals surface area (Å²) in [4.78, 5) is 15.9. The molecule has 3 nitrogen and oxygen atoms in total. The van der Waals surface area contributed by atoms with Crippen LogP contribution >= 0.6 is 0 Å². The molecule has 2 rings (SSSR count). The first-order valence-electron chi connectivity index (χ1n) is 6.20. The maximum absolute atomic E-state index is 12.8. The van der Waals surface area contributed by atoms with E-state index in [1.807, 2.05) is 0 Å². The maximum Gasteiger partial charge on any atom is 0.417 e. The van der Waals surface area contributed by atoms with Crippen LogP contribution in [0.3, 0.4) is 0 Å². The first-order chi connectivity index (χ1) is 8.89. The number of aromatic nitrogens is 1. The third-order valence-corrected chi connectivity index (χ3v) is 3.48. The molecule has 0 bridgehead atoms. The van der Waals surface area contributed by atoms with Gasteiger partial charge in [-0.2, -0.15) is 13.2 Å². The van der Waals surface area contributed by atoms with Crippen LogP contribution in [0.15, 0.2) is 18.5 Å². The molecule has 1 heterocycles. The predicted octanol–water partition coefficient (Wildman–Crippen LogP) is 2.80. The van der Waals surface area contributed by atoms with Gasteiger partial charge in [-0.1, -0.05) is 6.42 Å². The molecule has 1 fully saturated rings. The molecular weight excluding hydrogens is 257 g/mol. The second kappa shape index (κ2) is 5.28. The normalized spacial score (nSPS) is 24.2. The van der Waals surface area contributed by atoms with Gasteiger partial charge in [0.15, 0.2) is 5.78 Å². The van der Waals surface area contributed by atoms with Gasteiger partial charge in [-0.05, 0) is 25.3 Å². The topological polar surface area (TPSA) is 56.0 Å². The van der Waals surface area contributed by atoms with Gasteiger partial charge in [0.1, 0.15) is 0 Å². The Bertz CT molecular complexity index is 473. The Balaban J connectivity index is 2.29. The molecule has 1 aromatic heterocycles. The molecule has 0 spiro atoms. The lowest BCUT2D eigenvalue weighted by Crippen LogP contribution is -2.32. The highest BCUT2D eigenvalue weighted by Gasteiger charge is 2.37. The largest absolute Gasteiger partial charge is 0.417 e. The van der Waals surface area contributed by atoms with Crippen LogP contribution in [0.4, 0.5) is 13.2 Å². The van der Waals surface area contributed by atoms with E-state index < -0.39 is 23.4 Å². The number of nitrogens with two attached hydrogens (primary N) is 1. The third kappa shape index (κ3) is 3.12. The monoisotopic (exact) mass is 272 g/mol. The van der Waals surface area contributed by atoms with Gasteiger partial charge in [0.25, 0.3) is 0 Å². The summed E-state index contributed by atoms with van der Waals surface area (Å²) in [7, 11) is 0. The van der Waals surface area contributed by atoms with Gasteiger partial charge in [-0.25, -0.2) is 0 Å². The van der Waals surface area contributed by atoms with Crippen LogP contribution in [0.2, 0.25) is 0 Å². The smallest absolute Gasteiger partial charge is 0.328 e. The number of halogens is 3. The fourth-order valence-electron chi connectivity index (χ4n) is 2.52. The first kappa shape index (κ1) is 14.0. The molecule has 0 saturated heterocycles. The van der Waals surface area contributed by atoms with Crippen molar-refractivity contribution in [1.82, 2.24) is 4.98 Å². The van der Waals surface area contributed by atoms with E-state index in [1.165, 1.54) is 0 Å². The summed E-state index contributed by atoms with van der Waals surface area (Å²) in [5.74, 6) is -0.912. The number of alkyl halides is 3. The molecule has 104 valence electrons. The van der Waals surface area contributed by atoms with Crippen LogP contribution in [0.25, 0.3) is 0 Å². The predicted molar refractivity (Wildman–Crippen MR) is 63.5 cm³/mol. The van der Waals surface area contributed by atoms with Crippen molar-refractivity contribution in [3.05, 3.63) is 29.6 Å². The average molecular weight is 272 g/mol. The summed E-state index contributed by atoms with van der Waals surface area (Å²) in [5, 5.41) is 0. The second-order valence-corrected chi connectivity index (χ2v) is 4.91. The number of carbonyl (C=O) groups excluding carboxylic acids is 1. The van der Waals surface area contributed by atoms with E-state index in [9.17, 15) is 18.0 Å². The van der Waals surface area contributed by atoms with E-state index in [0.29, 0.717) is 12.8 Å². The van der Waals surface area contributed by atoms with Crippen molar-refractivity contribution in [1.29, 1.82) is 0 Å². The first-order valence-corrected chi connectivity index (χ1v) is 6.20. The Hall–Kier alpha value is -1.43. The molecule has 1 aliphatic rings. The van der Waals surface area contributed by atoms with Crippen LogP contribution in [-0.4, -0.2) is 16.8 Å². The average Bonchev–Trinajstić information content (AvgIpc) is 2.37. The van der Waals surface area contributed by atoms with Crippen LogP contribution in [0.5, 0.6) is 0 Å². The van der Waals surface area contributed by atoms with Crippen molar-refractivity contribution in [2.75, 3.05) is 0 Å². The number of carbonyl (C=O) groups is 1. The molecule has 0 aromatic carbocycles. The zero-order chi connectivity index (χ0) is 14.0. The van der Waals surface area contributed by atoms with Gasteiger partial charge < -0.3 is 5.73 Å². The molecule has 2 atom stereocenters. The van der Waals surface area contributed by atoms with Crippen LogP contribution in [-0.2, 0) is 6.18 Å². The molecule has 1 saturated carbocycles. The van der Waals surface area contributed by atoms with Gasteiger partial charge >= 0.3 is 6.18 Å². The molecule has 19 heavy (non-hydrogen) atoms. The zero-order valence-corrected chi connectivity index (χ0v) is 10.3. The number of ketones is 1. The van der Waals surface area contributed by atoms with Crippen LogP contribution in [0.1, 0.15) is 41.6 Å². The van der Waals surface area contributed by atoms with Gasteiger partial charge in [0.2, 0.25) is 0 Å². The van der Waals surface area contributed by atoms with Crippen molar-refractivity contribution < 1.29 is 18.0 Å². The highest BCUT2D eigenvalue weighted by atomic mass is 19.4. The van der Waals surface area contributed by atoms with Crippen LogP contribution < -0.4 is 5.73 Å². The number of nitrogens with zero attached hydrogens (tertiary/aromatic N) is 1. The molecule has 0 radical (unpaired) electrons. The summed E-state index contributed by atoms with van der Waals surface area (Å²) in [6.07, 6.45) is 0.161. The van der Waals surface area contributed by atoms with Crippen molar-refractivity contribution in [2.45, 2.75) is 37.9 Å². The van der Waals surface area contributed by atoms with Crippen LogP contribution in [0, 0.1) is 5.92 Å². The molecule has 1 aromatic rings.